The Labute approximate surface area is 119 Å². The average molecular weight is 292 g/mol. The molecule has 0 amide bonds. The summed E-state index contributed by atoms with van der Waals surface area (Å²) in [7, 11) is 0. The molecular formula is C14H13FN2O2S. The van der Waals surface area contributed by atoms with Crippen LogP contribution in [0, 0.1) is 22.9 Å². The molecule has 0 aliphatic carbocycles. The summed E-state index contributed by atoms with van der Waals surface area (Å²) in [6.45, 7) is 1.92. The molecule has 0 atom stereocenters. The zero-order valence-corrected chi connectivity index (χ0v) is 11.6. The van der Waals surface area contributed by atoms with Crippen LogP contribution in [0.1, 0.15) is 11.1 Å². The molecule has 2 rings (SSSR count). The minimum Gasteiger partial charge on any atom is -0.399 e. The van der Waals surface area contributed by atoms with Crippen LogP contribution in [0.25, 0.3) is 0 Å². The molecule has 0 aromatic heterocycles. The summed E-state index contributed by atoms with van der Waals surface area (Å²) in [6.07, 6.45) is 0. The molecule has 0 unspecified atom stereocenters. The zero-order chi connectivity index (χ0) is 14.7. The molecule has 4 nitrogen and oxygen atoms in total. The number of benzene rings is 2. The summed E-state index contributed by atoms with van der Waals surface area (Å²) in [4.78, 5) is 10.8. The highest BCUT2D eigenvalue weighted by Gasteiger charge is 2.13. The van der Waals surface area contributed by atoms with Gasteiger partial charge in [0.25, 0.3) is 0 Å². The quantitative estimate of drug-likeness (QED) is 0.401. The lowest BCUT2D eigenvalue weighted by atomic mass is 10.2. The van der Waals surface area contributed by atoms with E-state index >= 15 is 0 Å². The number of aryl methyl sites for hydroxylation is 1. The topological polar surface area (TPSA) is 69.2 Å². The van der Waals surface area contributed by atoms with Gasteiger partial charge in [-0.3, -0.25) is 10.1 Å². The number of anilines is 1. The van der Waals surface area contributed by atoms with Crippen LogP contribution in [0.5, 0.6) is 0 Å². The van der Waals surface area contributed by atoms with Crippen LogP contribution in [-0.2, 0) is 5.75 Å². The molecule has 0 aliphatic heterocycles. The van der Waals surface area contributed by atoms with Gasteiger partial charge in [-0.2, -0.15) is 4.39 Å². The molecule has 2 N–H and O–H groups in total. The molecule has 6 heteroatoms. The number of nitro groups is 1. The summed E-state index contributed by atoms with van der Waals surface area (Å²) in [5, 5.41) is 10.5. The third kappa shape index (κ3) is 3.27. The van der Waals surface area contributed by atoms with Gasteiger partial charge in [0.15, 0.2) is 0 Å². The number of rotatable bonds is 4. The first-order chi connectivity index (χ1) is 9.47. The van der Waals surface area contributed by atoms with E-state index in [1.54, 1.807) is 6.07 Å². The van der Waals surface area contributed by atoms with Crippen LogP contribution in [-0.4, -0.2) is 4.92 Å². The van der Waals surface area contributed by atoms with Crippen LogP contribution in [0.4, 0.5) is 15.8 Å². The smallest absolute Gasteiger partial charge is 0.304 e. The van der Waals surface area contributed by atoms with Gasteiger partial charge < -0.3 is 5.73 Å². The fourth-order valence-electron chi connectivity index (χ4n) is 1.69. The van der Waals surface area contributed by atoms with Crippen molar-refractivity contribution in [1.82, 2.24) is 0 Å². The Bertz CT molecular complexity index is 662. The summed E-state index contributed by atoms with van der Waals surface area (Å²) < 4.78 is 13.5. The fraction of sp³-hybridized carbons (Fsp3) is 0.143. The first kappa shape index (κ1) is 14.3. The molecule has 0 spiro atoms. The number of hydrogen-bond acceptors (Lipinski definition) is 4. The zero-order valence-electron chi connectivity index (χ0n) is 10.8. The van der Waals surface area contributed by atoms with E-state index in [9.17, 15) is 14.5 Å². The van der Waals surface area contributed by atoms with E-state index in [2.05, 4.69) is 0 Å². The second-order valence-electron chi connectivity index (χ2n) is 4.35. The van der Waals surface area contributed by atoms with E-state index in [0.29, 0.717) is 11.3 Å². The predicted molar refractivity (Wildman–Crippen MR) is 78.2 cm³/mol. The number of nitrogens with two attached hydrogens (primary N) is 1. The fourth-order valence-corrected chi connectivity index (χ4v) is 2.63. The van der Waals surface area contributed by atoms with Gasteiger partial charge >= 0.3 is 5.69 Å². The Morgan fingerprint density at radius 1 is 1.30 bits per heavy atom. The molecule has 0 saturated heterocycles. The van der Waals surface area contributed by atoms with Crippen molar-refractivity contribution in [2.24, 2.45) is 0 Å². The lowest BCUT2D eigenvalue weighted by Gasteiger charge is -2.05. The van der Waals surface area contributed by atoms with E-state index in [1.807, 2.05) is 25.1 Å². The van der Waals surface area contributed by atoms with Gasteiger partial charge in [0.1, 0.15) is 0 Å². The van der Waals surface area contributed by atoms with Gasteiger partial charge in [-0.25, -0.2) is 0 Å². The minimum absolute atomic E-state index is 0.498. The highest BCUT2D eigenvalue weighted by atomic mass is 32.2. The van der Waals surface area contributed by atoms with Crippen LogP contribution < -0.4 is 5.73 Å². The average Bonchev–Trinajstić information content (AvgIpc) is 2.40. The van der Waals surface area contributed by atoms with Crippen molar-refractivity contribution >= 4 is 23.1 Å². The minimum atomic E-state index is -0.804. The van der Waals surface area contributed by atoms with Crippen molar-refractivity contribution < 1.29 is 9.31 Å². The molecular weight excluding hydrogens is 279 g/mol. The standard InChI is InChI=1S/C14H13FN2O2S/c1-9-6-11(3-4-13(9)16)20-8-10-2-5-14(17(18)19)12(15)7-10/h2-7H,8,16H2,1H3. The van der Waals surface area contributed by atoms with Crippen molar-refractivity contribution in [2.75, 3.05) is 5.73 Å². The van der Waals surface area contributed by atoms with Gasteiger partial charge in [-0.1, -0.05) is 6.07 Å². The second-order valence-corrected chi connectivity index (χ2v) is 5.40. The first-order valence-corrected chi connectivity index (χ1v) is 6.87. The molecule has 0 saturated carbocycles. The maximum atomic E-state index is 13.5. The maximum absolute atomic E-state index is 13.5. The van der Waals surface area contributed by atoms with E-state index in [0.717, 1.165) is 16.1 Å². The van der Waals surface area contributed by atoms with Crippen molar-refractivity contribution in [3.05, 3.63) is 63.5 Å². The van der Waals surface area contributed by atoms with Crippen LogP contribution in [0.2, 0.25) is 0 Å². The summed E-state index contributed by atoms with van der Waals surface area (Å²) >= 11 is 1.53. The number of nitrogen functional groups attached to an aromatic ring is 1. The molecule has 0 bridgehead atoms. The van der Waals surface area contributed by atoms with Gasteiger partial charge in [0.05, 0.1) is 4.92 Å². The highest BCUT2D eigenvalue weighted by Crippen LogP contribution is 2.27. The number of nitro benzene ring substituents is 1. The van der Waals surface area contributed by atoms with Crippen LogP contribution >= 0.6 is 11.8 Å². The lowest BCUT2D eigenvalue weighted by molar-refractivity contribution is -0.387. The van der Waals surface area contributed by atoms with Crippen molar-refractivity contribution in [3.63, 3.8) is 0 Å². The van der Waals surface area contributed by atoms with Crippen molar-refractivity contribution in [1.29, 1.82) is 0 Å². The molecule has 0 radical (unpaired) electrons. The molecule has 104 valence electrons. The predicted octanol–water partition coefficient (Wildman–Crippen LogP) is 3.92. The Hall–Kier alpha value is -2.08. The van der Waals surface area contributed by atoms with Crippen molar-refractivity contribution in [2.45, 2.75) is 17.6 Å². The molecule has 2 aromatic carbocycles. The Morgan fingerprint density at radius 3 is 2.65 bits per heavy atom. The van der Waals surface area contributed by atoms with Crippen molar-refractivity contribution in [3.8, 4) is 0 Å². The van der Waals surface area contributed by atoms with Gasteiger partial charge in [0, 0.05) is 22.4 Å². The summed E-state index contributed by atoms with van der Waals surface area (Å²) in [6, 6.07) is 9.65. The molecule has 0 heterocycles. The maximum Gasteiger partial charge on any atom is 0.304 e. The summed E-state index contributed by atoms with van der Waals surface area (Å²) in [5.41, 5.74) is 7.66. The van der Waals surface area contributed by atoms with E-state index in [-0.39, 0.29) is 0 Å². The number of nitrogens with zero attached hydrogens (tertiary/aromatic N) is 1. The summed E-state index contributed by atoms with van der Waals surface area (Å²) in [5.74, 6) is -0.264. The Balaban J connectivity index is 2.09. The second kappa shape index (κ2) is 5.92. The molecule has 20 heavy (non-hydrogen) atoms. The van der Waals surface area contributed by atoms with Crippen LogP contribution in [0.15, 0.2) is 41.3 Å². The lowest BCUT2D eigenvalue weighted by Crippen LogP contribution is -1.93. The first-order valence-electron chi connectivity index (χ1n) is 5.89. The molecule has 0 aliphatic rings. The van der Waals surface area contributed by atoms with Gasteiger partial charge in [0.2, 0.25) is 5.82 Å². The van der Waals surface area contributed by atoms with Crippen LogP contribution in [0.3, 0.4) is 0 Å². The van der Waals surface area contributed by atoms with Gasteiger partial charge in [-0.05, 0) is 42.3 Å². The van der Waals surface area contributed by atoms with E-state index < -0.39 is 16.4 Å². The largest absolute Gasteiger partial charge is 0.399 e. The van der Waals surface area contributed by atoms with E-state index in [1.165, 1.54) is 23.9 Å². The molecule has 0 fully saturated rings. The third-order valence-electron chi connectivity index (χ3n) is 2.86. The normalized spacial score (nSPS) is 10.5. The van der Waals surface area contributed by atoms with Gasteiger partial charge in [-0.15, -0.1) is 11.8 Å². The molecule has 2 aromatic rings. The number of thioether (sulfide) groups is 1. The monoisotopic (exact) mass is 292 g/mol. The SMILES string of the molecule is Cc1cc(SCc2ccc([N+](=O)[O-])c(F)c2)ccc1N. The highest BCUT2D eigenvalue weighted by molar-refractivity contribution is 7.98. The number of hydrogen-bond donors (Lipinski definition) is 1. The Kier molecular flexibility index (Phi) is 4.24. The Morgan fingerprint density at radius 2 is 2.05 bits per heavy atom. The van der Waals surface area contributed by atoms with E-state index in [4.69, 9.17) is 5.73 Å². The third-order valence-corrected chi connectivity index (χ3v) is 3.92. The number of halogens is 1.